The van der Waals surface area contributed by atoms with E-state index in [9.17, 15) is 9.90 Å². The molecule has 1 aromatic carbocycles. The molecule has 1 aromatic rings. The Labute approximate surface area is 107 Å². The van der Waals surface area contributed by atoms with Crippen molar-refractivity contribution in [2.75, 3.05) is 27.3 Å². The third-order valence-corrected chi connectivity index (χ3v) is 2.60. The van der Waals surface area contributed by atoms with Crippen molar-refractivity contribution in [2.24, 2.45) is 5.73 Å². The van der Waals surface area contributed by atoms with Crippen LogP contribution in [0.4, 0.5) is 0 Å². The predicted octanol–water partition coefficient (Wildman–Crippen LogP) is 0.225. The molecule has 5 nitrogen and oxygen atoms in total. The smallest absolute Gasteiger partial charge is 0.253 e. The number of carbonyl (C=O) groups is 1. The molecule has 0 fully saturated rings. The average molecular weight is 252 g/mol. The first-order chi connectivity index (χ1) is 8.58. The Hall–Kier alpha value is -1.43. The normalized spacial score (nSPS) is 12.2. The summed E-state index contributed by atoms with van der Waals surface area (Å²) >= 11 is 0. The third kappa shape index (κ3) is 4.10. The van der Waals surface area contributed by atoms with Crippen LogP contribution >= 0.6 is 0 Å². The van der Waals surface area contributed by atoms with Crippen LogP contribution in [0.5, 0.6) is 0 Å². The monoisotopic (exact) mass is 252 g/mol. The summed E-state index contributed by atoms with van der Waals surface area (Å²) in [5.41, 5.74) is 7.02. The van der Waals surface area contributed by atoms with Gasteiger partial charge in [-0.25, -0.2) is 0 Å². The standard InChI is InChI=1S/C13H20N2O3/c1-15(8-12(16)9-18-2)13(17)11-5-3-4-10(6-11)7-14/h3-6,12,16H,7-9,14H2,1-2H3. The van der Waals surface area contributed by atoms with E-state index in [0.717, 1.165) is 5.56 Å². The van der Waals surface area contributed by atoms with E-state index in [2.05, 4.69) is 0 Å². The molecule has 0 radical (unpaired) electrons. The largest absolute Gasteiger partial charge is 0.389 e. The van der Waals surface area contributed by atoms with Gasteiger partial charge in [0.25, 0.3) is 5.91 Å². The number of hydrogen-bond donors (Lipinski definition) is 2. The van der Waals surface area contributed by atoms with Crippen molar-refractivity contribution in [3.8, 4) is 0 Å². The van der Waals surface area contributed by atoms with Crippen LogP contribution in [-0.2, 0) is 11.3 Å². The van der Waals surface area contributed by atoms with Crippen LogP contribution in [-0.4, -0.2) is 49.3 Å². The number of benzene rings is 1. The van der Waals surface area contributed by atoms with Gasteiger partial charge in [-0.05, 0) is 17.7 Å². The van der Waals surface area contributed by atoms with Gasteiger partial charge in [0.15, 0.2) is 0 Å². The van der Waals surface area contributed by atoms with Gasteiger partial charge in [0.2, 0.25) is 0 Å². The SMILES string of the molecule is COCC(O)CN(C)C(=O)c1cccc(CN)c1. The van der Waals surface area contributed by atoms with Crippen molar-refractivity contribution in [2.45, 2.75) is 12.6 Å². The summed E-state index contributed by atoms with van der Waals surface area (Å²) in [6, 6.07) is 7.17. The van der Waals surface area contributed by atoms with Crippen molar-refractivity contribution in [3.63, 3.8) is 0 Å². The molecule has 1 unspecified atom stereocenters. The fraction of sp³-hybridized carbons (Fsp3) is 0.462. The average Bonchev–Trinajstić information content (AvgIpc) is 2.38. The van der Waals surface area contributed by atoms with E-state index < -0.39 is 6.10 Å². The first-order valence-corrected chi connectivity index (χ1v) is 5.80. The molecule has 0 spiro atoms. The van der Waals surface area contributed by atoms with Crippen LogP contribution in [0.1, 0.15) is 15.9 Å². The number of likely N-dealkylation sites (N-methyl/N-ethyl adjacent to an activating group) is 1. The Morgan fingerprint density at radius 1 is 1.56 bits per heavy atom. The number of nitrogens with two attached hydrogens (primary N) is 1. The van der Waals surface area contributed by atoms with Gasteiger partial charge in [-0.1, -0.05) is 12.1 Å². The summed E-state index contributed by atoms with van der Waals surface area (Å²) < 4.78 is 4.82. The molecule has 0 bridgehead atoms. The van der Waals surface area contributed by atoms with E-state index in [1.165, 1.54) is 12.0 Å². The summed E-state index contributed by atoms with van der Waals surface area (Å²) in [5, 5.41) is 9.58. The first-order valence-electron chi connectivity index (χ1n) is 5.80. The predicted molar refractivity (Wildman–Crippen MR) is 69.2 cm³/mol. The first kappa shape index (κ1) is 14.6. The van der Waals surface area contributed by atoms with Gasteiger partial charge in [0, 0.05) is 32.8 Å². The van der Waals surface area contributed by atoms with E-state index in [4.69, 9.17) is 10.5 Å². The van der Waals surface area contributed by atoms with Crippen molar-refractivity contribution >= 4 is 5.91 Å². The minimum atomic E-state index is -0.679. The number of hydrogen-bond acceptors (Lipinski definition) is 4. The second-order valence-electron chi connectivity index (χ2n) is 4.20. The number of methoxy groups -OCH3 is 1. The lowest BCUT2D eigenvalue weighted by Crippen LogP contribution is -2.36. The Bertz CT molecular complexity index is 396. The Kier molecular flexibility index (Phi) is 5.77. The van der Waals surface area contributed by atoms with Gasteiger partial charge in [-0.3, -0.25) is 4.79 Å². The maximum absolute atomic E-state index is 12.1. The van der Waals surface area contributed by atoms with Gasteiger partial charge in [-0.2, -0.15) is 0 Å². The molecule has 0 heterocycles. The lowest BCUT2D eigenvalue weighted by atomic mass is 10.1. The Morgan fingerprint density at radius 2 is 2.28 bits per heavy atom. The van der Waals surface area contributed by atoms with Gasteiger partial charge < -0.3 is 20.5 Å². The lowest BCUT2D eigenvalue weighted by Gasteiger charge is -2.20. The number of amides is 1. The Morgan fingerprint density at radius 3 is 2.89 bits per heavy atom. The Balaban J connectivity index is 2.67. The van der Waals surface area contributed by atoms with Crippen LogP contribution in [0, 0.1) is 0 Å². The highest BCUT2D eigenvalue weighted by Crippen LogP contribution is 2.08. The molecular formula is C13H20N2O3. The quantitative estimate of drug-likeness (QED) is 0.759. The topological polar surface area (TPSA) is 75.8 Å². The molecule has 0 aliphatic heterocycles. The number of nitrogens with zero attached hydrogens (tertiary/aromatic N) is 1. The van der Waals surface area contributed by atoms with E-state index >= 15 is 0 Å². The molecule has 0 aliphatic carbocycles. The molecule has 0 saturated carbocycles. The summed E-state index contributed by atoms with van der Waals surface area (Å²) in [4.78, 5) is 13.6. The molecule has 0 saturated heterocycles. The van der Waals surface area contributed by atoms with E-state index in [0.29, 0.717) is 12.1 Å². The second kappa shape index (κ2) is 7.10. The minimum Gasteiger partial charge on any atom is -0.389 e. The molecule has 1 rings (SSSR count). The van der Waals surface area contributed by atoms with E-state index in [1.54, 1.807) is 25.2 Å². The molecule has 5 heteroatoms. The van der Waals surface area contributed by atoms with Crippen LogP contribution in [0.2, 0.25) is 0 Å². The zero-order valence-electron chi connectivity index (χ0n) is 10.8. The third-order valence-electron chi connectivity index (χ3n) is 2.60. The van der Waals surface area contributed by atoms with E-state index in [-0.39, 0.29) is 19.1 Å². The van der Waals surface area contributed by atoms with Gasteiger partial charge >= 0.3 is 0 Å². The molecule has 18 heavy (non-hydrogen) atoms. The number of aliphatic hydroxyl groups excluding tert-OH is 1. The molecular weight excluding hydrogens is 232 g/mol. The summed E-state index contributed by atoms with van der Waals surface area (Å²) in [7, 11) is 3.16. The molecule has 3 N–H and O–H groups in total. The molecule has 0 aliphatic rings. The number of aliphatic hydroxyl groups is 1. The number of rotatable bonds is 6. The summed E-state index contributed by atoms with van der Waals surface area (Å²) in [5.74, 6) is -0.138. The second-order valence-corrected chi connectivity index (χ2v) is 4.20. The van der Waals surface area contributed by atoms with Crippen LogP contribution < -0.4 is 5.73 Å². The summed E-state index contributed by atoms with van der Waals surface area (Å²) in [6.45, 7) is 0.844. The van der Waals surface area contributed by atoms with Crippen LogP contribution in [0.3, 0.4) is 0 Å². The number of ether oxygens (including phenoxy) is 1. The fourth-order valence-electron chi connectivity index (χ4n) is 1.70. The van der Waals surface area contributed by atoms with Crippen molar-refractivity contribution in [3.05, 3.63) is 35.4 Å². The van der Waals surface area contributed by atoms with Crippen molar-refractivity contribution in [1.29, 1.82) is 0 Å². The minimum absolute atomic E-state index is 0.138. The number of carbonyl (C=O) groups excluding carboxylic acids is 1. The zero-order chi connectivity index (χ0) is 13.5. The molecule has 100 valence electrons. The zero-order valence-corrected chi connectivity index (χ0v) is 10.8. The highest BCUT2D eigenvalue weighted by atomic mass is 16.5. The fourth-order valence-corrected chi connectivity index (χ4v) is 1.70. The maximum Gasteiger partial charge on any atom is 0.253 e. The van der Waals surface area contributed by atoms with Crippen molar-refractivity contribution < 1.29 is 14.6 Å². The summed E-state index contributed by atoms with van der Waals surface area (Å²) in [6.07, 6.45) is -0.679. The van der Waals surface area contributed by atoms with E-state index in [1.807, 2.05) is 6.07 Å². The molecule has 1 amide bonds. The highest BCUT2D eigenvalue weighted by Gasteiger charge is 2.15. The maximum atomic E-state index is 12.1. The lowest BCUT2D eigenvalue weighted by molar-refractivity contribution is 0.0380. The molecule has 1 atom stereocenters. The molecule has 0 aromatic heterocycles. The van der Waals surface area contributed by atoms with Gasteiger partial charge in [-0.15, -0.1) is 0 Å². The van der Waals surface area contributed by atoms with Crippen LogP contribution in [0.15, 0.2) is 24.3 Å². The van der Waals surface area contributed by atoms with Gasteiger partial charge in [0.05, 0.1) is 12.7 Å². The van der Waals surface area contributed by atoms with Crippen LogP contribution in [0.25, 0.3) is 0 Å². The van der Waals surface area contributed by atoms with Gasteiger partial charge in [0.1, 0.15) is 0 Å². The van der Waals surface area contributed by atoms with Crippen molar-refractivity contribution in [1.82, 2.24) is 4.90 Å². The highest BCUT2D eigenvalue weighted by molar-refractivity contribution is 5.94.